The molecular formula is C18H27N3O2. The molecule has 1 aromatic heterocycles. The first-order valence-corrected chi connectivity index (χ1v) is 8.55. The van der Waals surface area contributed by atoms with E-state index < -0.39 is 0 Å². The van der Waals surface area contributed by atoms with Crippen LogP contribution in [0.4, 0.5) is 0 Å². The average Bonchev–Trinajstić information content (AvgIpc) is 2.98. The summed E-state index contributed by atoms with van der Waals surface area (Å²) in [7, 11) is 0. The Labute approximate surface area is 138 Å². The minimum Gasteiger partial charge on any atom is -0.493 e. The van der Waals surface area contributed by atoms with Crippen LogP contribution in [-0.2, 0) is 19.6 Å². The largest absolute Gasteiger partial charge is 0.493 e. The van der Waals surface area contributed by atoms with Gasteiger partial charge in [-0.15, -0.1) is 5.10 Å². The second-order valence-corrected chi connectivity index (χ2v) is 5.69. The summed E-state index contributed by atoms with van der Waals surface area (Å²) < 4.78 is 7.66. The number of benzene rings is 1. The molecule has 5 nitrogen and oxygen atoms in total. The lowest BCUT2D eigenvalue weighted by molar-refractivity contribution is 0.273. The number of ether oxygens (including phenoxy) is 1. The molecule has 1 N–H and O–H groups in total. The van der Waals surface area contributed by atoms with E-state index in [0.29, 0.717) is 18.7 Å². The molecule has 1 aromatic carbocycles. The second kappa shape index (κ2) is 10.0. The number of unbranched alkanes of at least 4 members (excludes halogenated alkanes) is 4. The number of aliphatic hydroxyl groups is 1. The molecule has 0 bridgehead atoms. The molecule has 0 aliphatic heterocycles. The van der Waals surface area contributed by atoms with E-state index in [0.717, 1.165) is 24.4 Å². The topological polar surface area (TPSA) is 60.2 Å². The van der Waals surface area contributed by atoms with E-state index in [4.69, 9.17) is 4.74 Å². The Kier molecular flexibility index (Phi) is 7.60. The molecule has 0 unspecified atom stereocenters. The van der Waals surface area contributed by atoms with Gasteiger partial charge < -0.3 is 9.84 Å². The van der Waals surface area contributed by atoms with E-state index in [-0.39, 0.29) is 6.61 Å². The number of aliphatic hydroxyl groups excluding tert-OH is 1. The Bertz CT molecular complexity index is 555. The van der Waals surface area contributed by atoms with Crippen LogP contribution in [-0.4, -0.2) is 26.7 Å². The van der Waals surface area contributed by atoms with Crippen LogP contribution in [0.15, 0.2) is 30.3 Å². The van der Waals surface area contributed by atoms with Crippen LogP contribution in [0.5, 0.6) is 5.75 Å². The summed E-state index contributed by atoms with van der Waals surface area (Å²) in [5, 5.41) is 17.7. The molecule has 0 fully saturated rings. The molecule has 2 aromatic rings. The summed E-state index contributed by atoms with van der Waals surface area (Å²) in [4.78, 5) is 0. The highest BCUT2D eigenvalue weighted by molar-refractivity contribution is 5.21. The molecule has 0 saturated heterocycles. The fourth-order valence-corrected chi connectivity index (χ4v) is 2.59. The van der Waals surface area contributed by atoms with Gasteiger partial charge in [0.2, 0.25) is 0 Å². The first kappa shape index (κ1) is 17.5. The highest BCUT2D eigenvalue weighted by Gasteiger charge is 2.12. The lowest BCUT2D eigenvalue weighted by Crippen LogP contribution is -2.11. The molecule has 5 heteroatoms. The third-order valence-electron chi connectivity index (χ3n) is 3.89. The SMILES string of the molecule is CCCCCCCn1nnc(CO)c1CCOc1ccccc1. The quantitative estimate of drug-likeness (QED) is 0.646. The lowest BCUT2D eigenvalue weighted by Gasteiger charge is -2.09. The van der Waals surface area contributed by atoms with Crippen LogP contribution in [0.25, 0.3) is 0 Å². The number of hydrogen-bond acceptors (Lipinski definition) is 4. The van der Waals surface area contributed by atoms with Gasteiger partial charge in [-0.05, 0) is 18.6 Å². The standard InChI is InChI=1S/C18H27N3O2/c1-2-3-4-5-9-13-21-18(17(15-22)19-20-21)12-14-23-16-10-7-6-8-11-16/h6-8,10-11,22H,2-5,9,12-15H2,1H3. The minimum absolute atomic E-state index is 0.0729. The number of para-hydroxylation sites is 1. The van der Waals surface area contributed by atoms with Crippen LogP contribution >= 0.6 is 0 Å². The molecular weight excluding hydrogens is 290 g/mol. The van der Waals surface area contributed by atoms with E-state index in [9.17, 15) is 5.11 Å². The highest BCUT2D eigenvalue weighted by Crippen LogP contribution is 2.12. The maximum Gasteiger partial charge on any atom is 0.119 e. The Morgan fingerprint density at radius 3 is 2.61 bits per heavy atom. The maximum absolute atomic E-state index is 9.43. The number of aryl methyl sites for hydroxylation is 1. The van der Waals surface area contributed by atoms with Gasteiger partial charge in [-0.3, -0.25) is 0 Å². The molecule has 0 spiro atoms. The van der Waals surface area contributed by atoms with Crippen LogP contribution in [0.2, 0.25) is 0 Å². The minimum atomic E-state index is -0.0729. The number of aromatic nitrogens is 3. The van der Waals surface area contributed by atoms with E-state index in [1.54, 1.807) is 0 Å². The molecule has 126 valence electrons. The first-order chi connectivity index (χ1) is 11.3. The van der Waals surface area contributed by atoms with Crippen LogP contribution < -0.4 is 4.74 Å². The summed E-state index contributed by atoms with van der Waals surface area (Å²) >= 11 is 0. The van der Waals surface area contributed by atoms with E-state index in [1.165, 1.54) is 25.7 Å². The summed E-state index contributed by atoms with van der Waals surface area (Å²) in [6.07, 6.45) is 6.82. The molecule has 0 amide bonds. The van der Waals surface area contributed by atoms with Crippen molar-refractivity contribution in [3.8, 4) is 5.75 Å². The Morgan fingerprint density at radius 1 is 1.09 bits per heavy atom. The molecule has 1 heterocycles. The predicted octanol–water partition coefficient (Wildman–Crippen LogP) is 3.36. The molecule has 0 aliphatic carbocycles. The van der Waals surface area contributed by atoms with Gasteiger partial charge in [-0.2, -0.15) is 0 Å². The first-order valence-electron chi connectivity index (χ1n) is 8.55. The van der Waals surface area contributed by atoms with Gasteiger partial charge in [-0.1, -0.05) is 56.0 Å². The fourth-order valence-electron chi connectivity index (χ4n) is 2.59. The third kappa shape index (κ3) is 5.67. The number of rotatable bonds is 11. The molecule has 0 radical (unpaired) electrons. The van der Waals surface area contributed by atoms with Crippen LogP contribution in [0.1, 0.15) is 50.4 Å². The smallest absolute Gasteiger partial charge is 0.119 e. The molecule has 2 rings (SSSR count). The van der Waals surface area contributed by atoms with Crippen LogP contribution in [0.3, 0.4) is 0 Å². The molecule has 0 atom stereocenters. The average molecular weight is 317 g/mol. The molecule has 23 heavy (non-hydrogen) atoms. The van der Waals surface area contributed by atoms with E-state index >= 15 is 0 Å². The third-order valence-corrected chi connectivity index (χ3v) is 3.89. The van der Waals surface area contributed by atoms with Crippen molar-refractivity contribution in [2.75, 3.05) is 6.61 Å². The van der Waals surface area contributed by atoms with Crippen molar-refractivity contribution in [2.24, 2.45) is 0 Å². The summed E-state index contributed by atoms with van der Waals surface area (Å²) in [5.41, 5.74) is 1.65. The van der Waals surface area contributed by atoms with Gasteiger partial charge in [0.1, 0.15) is 11.4 Å². The highest BCUT2D eigenvalue weighted by atomic mass is 16.5. The van der Waals surface area contributed by atoms with Gasteiger partial charge in [0, 0.05) is 13.0 Å². The van der Waals surface area contributed by atoms with Gasteiger partial charge in [-0.25, -0.2) is 4.68 Å². The van der Waals surface area contributed by atoms with Gasteiger partial charge in [0.05, 0.1) is 18.9 Å². The van der Waals surface area contributed by atoms with Crippen molar-refractivity contribution >= 4 is 0 Å². The van der Waals surface area contributed by atoms with Crippen molar-refractivity contribution < 1.29 is 9.84 Å². The zero-order valence-corrected chi connectivity index (χ0v) is 13.9. The maximum atomic E-state index is 9.43. The van der Waals surface area contributed by atoms with Crippen molar-refractivity contribution in [1.82, 2.24) is 15.0 Å². The molecule has 0 saturated carbocycles. The van der Waals surface area contributed by atoms with Crippen molar-refractivity contribution in [3.63, 3.8) is 0 Å². The Morgan fingerprint density at radius 2 is 1.87 bits per heavy atom. The zero-order valence-electron chi connectivity index (χ0n) is 13.9. The molecule has 0 aliphatic rings. The van der Waals surface area contributed by atoms with E-state index in [2.05, 4.69) is 17.2 Å². The Hall–Kier alpha value is -1.88. The summed E-state index contributed by atoms with van der Waals surface area (Å²) in [6, 6.07) is 9.76. The zero-order chi connectivity index (χ0) is 16.3. The second-order valence-electron chi connectivity index (χ2n) is 5.69. The normalized spacial score (nSPS) is 10.9. The summed E-state index contributed by atoms with van der Waals surface area (Å²) in [6.45, 7) is 3.56. The van der Waals surface area contributed by atoms with Crippen molar-refractivity contribution in [3.05, 3.63) is 41.7 Å². The Balaban J connectivity index is 1.84. The lowest BCUT2D eigenvalue weighted by atomic mass is 10.1. The number of nitrogens with zero attached hydrogens (tertiary/aromatic N) is 3. The van der Waals surface area contributed by atoms with Gasteiger partial charge in [0.25, 0.3) is 0 Å². The number of hydrogen-bond donors (Lipinski definition) is 1. The van der Waals surface area contributed by atoms with Gasteiger partial charge >= 0.3 is 0 Å². The summed E-state index contributed by atoms with van der Waals surface area (Å²) in [5.74, 6) is 0.858. The monoisotopic (exact) mass is 317 g/mol. The van der Waals surface area contributed by atoms with Crippen molar-refractivity contribution in [1.29, 1.82) is 0 Å². The van der Waals surface area contributed by atoms with Crippen LogP contribution in [0, 0.1) is 0 Å². The van der Waals surface area contributed by atoms with E-state index in [1.807, 2.05) is 35.0 Å². The predicted molar refractivity (Wildman–Crippen MR) is 90.3 cm³/mol. The fraction of sp³-hybridized carbons (Fsp3) is 0.556. The van der Waals surface area contributed by atoms with Crippen molar-refractivity contribution in [2.45, 2.75) is 58.6 Å². The van der Waals surface area contributed by atoms with Gasteiger partial charge in [0.15, 0.2) is 0 Å².